The lowest BCUT2D eigenvalue weighted by atomic mass is 10.2. The van der Waals surface area contributed by atoms with Gasteiger partial charge in [-0.3, -0.25) is 9.78 Å². The van der Waals surface area contributed by atoms with Gasteiger partial charge >= 0.3 is 0 Å². The van der Waals surface area contributed by atoms with Crippen LogP contribution in [0, 0.1) is 0 Å². The normalized spacial score (nSPS) is 10.7. The SMILES string of the molecule is O=C(NCCOc1ccc(-c2ccccn2)nn1)c1ccc2ncsc2c1. The van der Waals surface area contributed by atoms with Crippen molar-refractivity contribution < 1.29 is 9.53 Å². The molecule has 0 saturated heterocycles. The number of rotatable bonds is 6. The quantitative estimate of drug-likeness (QED) is 0.520. The molecule has 4 aromatic rings. The number of hydrogen-bond acceptors (Lipinski definition) is 7. The van der Waals surface area contributed by atoms with Gasteiger partial charge < -0.3 is 10.1 Å². The highest BCUT2D eigenvalue weighted by atomic mass is 32.1. The molecular weight excluding hydrogens is 362 g/mol. The van der Waals surface area contributed by atoms with Gasteiger partial charge in [-0.25, -0.2) is 4.98 Å². The smallest absolute Gasteiger partial charge is 0.251 e. The summed E-state index contributed by atoms with van der Waals surface area (Å²) in [5.74, 6) is 0.250. The lowest BCUT2D eigenvalue weighted by molar-refractivity contribution is 0.0946. The molecule has 1 N–H and O–H groups in total. The van der Waals surface area contributed by atoms with Gasteiger partial charge in [0.05, 0.1) is 28.0 Å². The number of nitrogens with one attached hydrogen (secondary N) is 1. The largest absolute Gasteiger partial charge is 0.475 e. The number of hydrogen-bond donors (Lipinski definition) is 1. The van der Waals surface area contributed by atoms with Gasteiger partial charge in [0.25, 0.3) is 5.91 Å². The highest BCUT2D eigenvalue weighted by Gasteiger charge is 2.07. The van der Waals surface area contributed by atoms with E-state index in [0.29, 0.717) is 30.3 Å². The number of benzene rings is 1. The molecule has 0 radical (unpaired) electrons. The molecule has 0 aliphatic heterocycles. The zero-order valence-corrected chi connectivity index (χ0v) is 15.0. The molecule has 0 aliphatic carbocycles. The van der Waals surface area contributed by atoms with Gasteiger partial charge in [-0.15, -0.1) is 21.5 Å². The summed E-state index contributed by atoms with van der Waals surface area (Å²) in [6, 6.07) is 14.6. The van der Waals surface area contributed by atoms with Gasteiger partial charge in [0.15, 0.2) is 0 Å². The second-order valence-electron chi connectivity index (χ2n) is 5.61. The Morgan fingerprint density at radius 3 is 2.81 bits per heavy atom. The Kier molecular flexibility index (Phi) is 4.97. The molecule has 0 unspecified atom stereocenters. The summed E-state index contributed by atoms with van der Waals surface area (Å²) in [5, 5.41) is 11.0. The molecule has 7 nitrogen and oxygen atoms in total. The van der Waals surface area contributed by atoms with Gasteiger partial charge in [-0.2, -0.15) is 0 Å². The molecule has 3 heterocycles. The summed E-state index contributed by atoms with van der Waals surface area (Å²) >= 11 is 1.51. The van der Waals surface area contributed by atoms with Crippen molar-refractivity contribution in [1.29, 1.82) is 0 Å². The summed E-state index contributed by atoms with van der Waals surface area (Å²) in [7, 11) is 0. The number of carbonyl (C=O) groups excluding carboxylic acids is 1. The second kappa shape index (κ2) is 7.88. The van der Waals surface area contributed by atoms with Crippen LogP contribution in [0.25, 0.3) is 21.6 Å². The van der Waals surface area contributed by atoms with E-state index in [1.807, 2.05) is 30.3 Å². The number of nitrogens with zero attached hydrogens (tertiary/aromatic N) is 4. The molecule has 134 valence electrons. The van der Waals surface area contributed by atoms with Gasteiger partial charge in [-0.05, 0) is 36.4 Å². The summed E-state index contributed by atoms with van der Waals surface area (Å²) < 4.78 is 6.51. The Hall–Kier alpha value is -3.39. The molecular formula is C19H15N5O2S. The second-order valence-corrected chi connectivity index (χ2v) is 6.50. The number of amides is 1. The van der Waals surface area contributed by atoms with Gasteiger partial charge in [-0.1, -0.05) is 6.07 Å². The molecule has 0 aliphatic rings. The number of aromatic nitrogens is 4. The fraction of sp³-hybridized carbons (Fsp3) is 0.105. The Bertz CT molecular complexity index is 1050. The average molecular weight is 377 g/mol. The molecule has 0 fully saturated rings. The summed E-state index contributed by atoms with van der Waals surface area (Å²) in [6.45, 7) is 0.662. The van der Waals surface area contributed by atoms with E-state index in [-0.39, 0.29) is 5.91 Å². The van der Waals surface area contributed by atoms with Gasteiger partial charge in [0.1, 0.15) is 12.3 Å². The molecule has 1 aromatic carbocycles. The predicted octanol–water partition coefficient (Wildman–Crippen LogP) is 2.96. The Morgan fingerprint density at radius 1 is 1.04 bits per heavy atom. The van der Waals surface area contributed by atoms with Crippen LogP contribution in [-0.2, 0) is 0 Å². The number of ether oxygens (including phenoxy) is 1. The maximum atomic E-state index is 12.2. The van der Waals surface area contributed by atoms with Crippen LogP contribution in [0.2, 0.25) is 0 Å². The third-order valence-electron chi connectivity index (χ3n) is 3.80. The Balaban J connectivity index is 1.27. The third-order valence-corrected chi connectivity index (χ3v) is 4.59. The summed E-state index contributed by atoms with van der Waals surface area (Å²) in [5.41, 5.74) is 4.69. The maximum absolute atomic E-state index is 12.2. The van der Waals surface area contributed by atoms with E-state index in [0.717, 1.165) is 15.9 Å². The summed E-state index contributed by atoms with van der Waals surface area (Å²) in [6.07, 6.45) is 1.71. The van der Waals surface area contributed by atoms with E-state index in [1.54, 1.807) is 29.9 Å². The molecule has 4 rings (SSSR count). The van der Waals surface area contributed by atoms with Crippen molar-refractivity contribution in [2.45, 2.75) is 0 Å². The minimum atomic E-state index is -0.148. The van der Waals surface area contributed by atoms with Crippen molar-refractivity contribution in [1.82, 2.24) is 25.5 Å². The van der Waals surface area contributed by atoms with E-state index < -0.39 is 0 Å². The molecule has 0 saturated carbocycles. The number of pyridine rings is 1. The third kappa shape index (κ3) is 4.06. The highest BCUT2D eigenvalue weighted by molar-refractivity contribution is 7.16. The van der Waals surface area contributed by atoms with Gasteiger partial charge in [0.2, 0.25) is 5.88 Å². The van der Waals surface area contributed by atoms with Crippen LogP contribution in [0.15, 0.2) is 60.2 Å². The van der Waals surface area contributed by atoms with E-state index in [2.05, 4.69) is 25.5 Å². The van der Waals surface area contributed by atoms with Crippen molar-refractivity contribution in [2.24, 2.45) is 0 Å². The zero-order chi connectivity index (χ0) is 18.5. The van der Waals surface area contributed by atoms with Crippen LogP contribution < -0.4 is 10.1 Å². The van der Waals surface area contributed by atoms with Crippen LogP contribution in [0.1, 0.15) is 10.4 Å². The van der Waals surface area contributed by atoms with Crippen LogP contribution >= 0.6 is 11.3 Å². The van der Waals surface area contributed by atoms with Crippen LogP contribution in [0.3, 0.4) is 0 Å². The van der Waals surface area contributed by atoms with Crippen molar-refractivity contribution in [3.8, 4) is 17.3 Å². The lowest BCUT2D eigenvalue weighted by Gasteiger charge is -2.07. The maximum Gasteiger partial charge on any atom is 0.251 e. The lowest BCUT2D eigenvalue weighted by Crippen LogP contribution is -2.28. The minimum absolute atomic E-state index is 0.148. The van der Waals surface area contributed by atoms with Crippen molar-refractivity contribution in [3.63, 3.8) is 0 Å². The monoisotopic (exact) mass is 377 g/mol. The first-order valence-electron chi connectivity index (χ1n) is 8.29. The molecule has 0 bridgehead atoms. The average Bonchev–Trinajstić information content (AvgIpc) is 3.20. The van der Waals surface area contributed by atoms with Crippen molar-refractivity contribution in [3.05, 3.63) is 65.8 Å². The van der Waals surface area contributed by atoms with Crippen LogP contribution in [0.4, 0.5) is 0 Å². The topological polar surface area (TPSA) is 89.9 Å². The molecule has 0 atom stereocenters. The van der Waals surface area contributed by atoms with Crippen LogP contribution in [-0.4, -0.2) is 39.2 Å². The number of carbonyl (C=O) groups is 1. The molecule has 1 amide bonds. The van der Waals surface area contributed by atoms with Crippen molar-refractivity contribution in [2.75, 3.05) is 13.2 Å². The van der Waals surface area contributed by atoms with Crippen molar-refractivity contribution >= 4 is 27.5 Å². The first-order valence-corrected chi connectivity index (χ1v) is 9.17. The highest BCUT2D eigenvalue weighted by Crippen LogP contribution is 2.19. The molecule has 27 heavy (non-hydrogen) atoms. The van der Waals surface area contributed by atoms with Crippen LogP contribution in [0.5, 0.6) is 5.88 Å². The Labute approximate surface area is 159 Å². The standard InChI is InChI=1S/C19H15N5O2S/c25-19(13-4-5-16-17(11-13)27-12-22-16)21-9-10-26-18-7-6-15(23-24-18)14-3-1-2-8-20-14/h1-8,11-12H,9-10H2,(H,21,25). The first-order chi connectivity index (χ1) is 13.3. The van der Waals surface area contributed by atoms with Gasteiger partial charge in [0, 0.05) is 17.8 Å². The first kappa shape index (κ1) is 17.0. The predicted molar refractivity (Wildman–Crippen MR) is 103 cm³/mol. The fourth-order valence-electron chi connectivity index (χ4n) is 2.47. The molecule has 8 heteroatoms. The fourth-order valence-corrected chi connectivity index (χ4v) is 3.18. The number of fused-ring (bicyclic) bond motifs is 1. The Morgan fingerprint density at radius 2 is 2.00 bits per heavy atom. The zero-order valence-electron chi connectivity index (χ0n) is 14.2. The van der Waals surface area contributed by atoms with E-state index in [1.165, 1.54) is 11.3 Å². The number of thiazole rings is 1. The molecule has 3 aromatic heterocycles. The van der Waals surface area contributed by atoms with E-state index >= 15 is 0 Å². The van der Waals surface area contributed by atoms with E-state index in [4.69, 9.17) is 4.74 Å². The molecule has 0 spiro atoms. The minimum Gasteiger partial charge on any atom is -0.475 e. The van der Waals surface area contributed by atoms with E-state index in [9.17, 15) is 4.79 Å². The summed E-state index contributed by atoms with van der Waals surface area (Å²) in [4.78, 5) is 20.6.